The molecule has 0 aliphatic rings. The molecule has 1 aromatic carbocycles. The minimum absolute atomic E-state index is 0.0556. The molecule has 1 unspecified atom stereocenters. The molecule has 7 heteroatoms. The van der Waals surface area contributed by atoms with Crippen molar-refractivity contribution in [1.82, 2.24) is 5.32 Å². The molecule has 0 saturated heterocycles. The van der Waals surface area contributed by atoms with Crippen molar-refractivity contribution in [2.45, 2.75) is 37.6 Å². The van der Waals surface area contributed by atoms with Gasteiger partial charge < -0.3 is 10.4 Å². The SMILES string of the molecule is CCCC(NC(=O)c1cccc(S(=O)(=O)CC)c1)C(=O)O. The van der Waals surface area contributed by atoms with Crippen molar-refractivity contribution >= 4 is 21.7 Å². The lowest BCUT2D eigenvalue weighted by molar-refractivity contribution is -0.139. The van der Waals surface area contributed by atoms with Crippen LogP contribution in [0.4, 0.5) is 0 Å². The van der Waals surface area contributed by atoms with E-state index in [4.69, 9.17) is 5.11 Å². The Morgan fingerprint density at radius 1 is 1.29 bits per heavy atom. The molecule has 1 aromatic rings. The van der Waals surface area contributed by atoms with Crippen LogP contribution in [-0.4, -0.2) is 37.2 Å². The van der Waals surface area contributed by atoms with Gasteiger partial charge in [0.15, 0.2) is 9.84 Å². The second-order valence-electron chi connectivity index (χ2n) is 4.58. The zero-order valence-electron chi connectivity index (χ0n) is 12.0. The molecule has 0 aliphatic heterocycles. The number of rotatable bonds is 7. The average molecular weight is 313 g/mol. The number of nitrogens with one attached hydrogen (secondary N) is 1. The highest BCUT2D eigenvalue weighted by Crippen LogP contribution is 2.13. The van der Waals surface area contributed by atoms with Crippen LogP contribution in [0.3, 0.4) is 0 Å². The number of carbonyl (C=O) groups is 2. The summed E-state index contributed by atoms with van der Waals surface area (Å²) in [6, 6.07) is 4.62. The summed E-state index contributed by atoms with van der Waals surface area (Å²) in [6.07, 6.45) is 0.926. The second-order valence-corrected chi connectivity index (χ2v) is 6.86. The van der Waals surface area contributed by atoms with E-state index in [1.807, 2.05) is 6.92 Å². The largest absolute Gasteiger partial charge is 0.480 e. The van der Waals surface area contributed by atoms with Crippen LogP contribution in [-0.2, 0) is 14.6 Å². The lowest BCUT2D eigenvalue weighted by atomic mass is 10.1. The average Bonchev–Trinajstić information content (AvgIpc) is 2.46. The van der Waals surface area contributed by atoms with Gasteiger partial charge in [0.1, 0.15) is 6.04 Å². The quantitative estimate of drug-likeness (QED) is 0.793. The maximum Gasteiger partial charge on any atom is 0.326 e. The van der Waals surface area contributed by atoms with E-state index in [0.717, 1.165) is 0 Å². The van der Waals surface area contributed by atoms with E-state index in [1.54, 1.807) is 0 Å². The normalized spacial score (nSPS) is 12.7. The van der Waals surface area contributed by atoms with Crippen LogP contribution in [0.1, 0.15) is 37.0 Å². The summed E-state index contributed by atoms with van der Waals surface area (Å²) in [7, 11) is -3.41. The highest BCUT2D eigenvalue weighted by molar-refractivity contribution is 7.91. The zero-order valence-corrected chi connectivity index (χ0v) is 12.8. The Morgan fingerprint density at radius 2 is 1.95 bits per heavy atom. The van der Waals surface area contributed by atoms with Gasteiger partial charge in [-0.05, 0) is 24.6 Å². The summed E-state index contributed by atoms with van der Waals surface area (Å²) in [5.41, 5.74) is 0.131. The summed E-state index contributed by atoms with van der Waals surface area (Å²) in [6.45, 7) is 3.33. The maximum atomic E-state index is 12.0. The first-order chi connectivity index (χ1) is 9.81. The van der Waals surface area contributed by atoms with E-state index in [9.17, 15) is 18.0 Å². The van der Waals surface area contributed by atoms with Gasteiger partial charge in [-0.15, -0.1) is 0 Å². The van der Waals surface area contributed by atoms with E-state index in [1.165, 1.54) is 31.2 Å². The summed E-state index contributed by atoms with van der Waals surface area (Å²) in [4.78, 5) is 23.1. The van der Waals surface area contributed by atoms with Gasteiger partial charge in [0, 0.05) is 5.56 Å². The highest BCUT2D eigenvalue weighted by atomic mass is 32.2. The lowest BCUT2D eigenvalue weighted by Crippen LogP contribution is -2.40. The number of sulfone groups is 1. The summed E-state index contributed by atoms with van der Waals surface area (Å²) in [5.74, 6) is -1.77. The molecule has 1 atom stereocenters. The van der Waals surface area contributed by atoms with Crippen molar-refractivity contribution in [3.05, 3.63) is 29.8 Å². The standard InChI is InChI=1S/C14H19NO5S/c1-3-6-12(14(17)18)15-13(16)10-7-5-8-11(9-10)21(19,20)4-2/h5,7-9,12H,3-4,6H2,1-2H3,(H,15,16)(H,17,18). The lowest BCUT2D eigenvalue weighted by Gasteiger charge is -2.13. The Bertz CT molecular complexity index is 624. The minimum atomic E-state index is -3.41. The molecule has 6 nitrogen and oxygen atoms in total. The smallest absolute Gasteiger partial charge is 0.326 e. The summed E-state index contributed by atoms with van der Waals surface area (Å²) < 4.78 is 23.6. The van der Waals surface area contributed by atoms with Crippen LogP contribution in [0, 0.1) is 0 Å². The number of hydrogen-bond donors (Lipinski definition) is 2. The molecule has 0 radical (unpaired) electrons. The Morgan fingerprint density at radius 3 is 2.48 bits per heavy atom. The first kappa shape index (κ1) is 17.2. The molecular formula is C14H19NO5S. The van der Waals surface area contributed by atoms with E-state index in [2.05, 4.69) is 5.32 Å². The third-order valence-corrected chi connectivity index (χ3v) is 4.75. The van der Waals surface area contributed by atoms with Crippen molar-refractivity contribution < 1.29 is 23.1 Å². The molecule has 1 amide bonds. The number of aliphatic carboxylic acids is 1. The van der Waals surface area contributed by atoms with Crippen LogP contribution < -0.4 is 5.32 Å². The Labute approximate surface area is 124 Å². The molecule has 0 saturated carbocycles. The summed E-state index contributed by atoms with van der Waals surface area (Å²) >= 11 is 0. The molecule has 0 aliphatic carbocycles. The van der Waals surface area contributed by atoms with Gasteiger partial charge in [-0.1, -0.05) is 26.3 Å². The van der Waals surface area contributed by atoms with Crippen LogP contribution >= 0.6 is 0 Å². The molecule has 0 bridgehead atoms. The van der Waals surface area contributed by atoms with Crippen LogP contribution in [0.2, 0.25) is 0 Å². The summed E-state index contributed by atoms with van der Waals surface area (Å²) in [5, 5.41) is 11.4. The highest BCUT2D eigenvalue weighted by Gasteiger charge is 2.20. The van der Waals surface area contributed by atoms with Gasteiger partial charge in [0.25, 0.3) is 5.91 Å². The van der Waals surface area contributed by atoms with Gasteiger partial charge >= 0.3 is 5.97 Å². The Kier molecular flexibility index (Phi) is 5.90. The maximum absolute atomic E-state index is 12.0. The van der Waals surface area contributed by atoms with Crippen molar-refractivity contribution in [2.75, 3.05) is 5.75 Å². The van der Waals surface area contributed by atoms with Crippen LogP contribution in [0.5, 0.6) is 0 Å². The molecule has 21 heavy (non-hydrogen) atoms. The first-order valence-corrected chi connectivity index (χ1v) is 8.33. The third-order valence-electron chi connectivity index (χ3n) is 3.02. The number of carbonyl (C=O) groups excluding carboxylic acids is 1. The second kappa shape index (κ2) is 7.21. The van der Waals surface area contributed by atoms with Crippen molar-refractivity contribution in [1.29, 1.82) is 0 Å². The van der Waals surface area contributed by atoms with Crippen molar-refractivity contribution in [3.8, 4) is 0 Å². The number of carboxylic acid groups (broad SMARTS) is 1. The van der Waals surface area contributed by atoms with Crippen molar-refractivity contribution in [2.24, 2.45) is 0 Å². The number of amides is 1. The third kappa shape index (κ3) is 4.56. The predicted molar refractivity (Wildman–Crippen MR) is 78.0 cm³/mol. The number of hydrogen-bond acceptors (Lipinski definition) is 4. The Hall–Kier alpha value is -1.89. The fourth-order valence-corrected chi connectivity index (χ4v) is 2.71. The number of carboxylic acids is 1. The molecule has 2 N–H and O–H groups in total. The predicted octanol–water partition coefficient (Wildman–Crippen LogP) is 1.46. The van der Waals surface area contributed by atoms with E-state index >= 15 is 0 Å². The monoisotopic (exact) mass is 313 g/mol. The fourth-order valence-electron chi connectivity index (χ4n) is 1.79. The van der Waals surface area contributed by atoms with E-state index < -0.39 is 27.8 Å². The molecule has 1 rings (SSSR count). The minimum Gasteiger partial charge on any atom is -0.480 e. The van der Waals surface area contributed by atoms with Crippen LogP contribution in [0.25, 0.3) is 0 Å². The van der Waals surface area contributed by atoms with Crippen LogP contribution in [0.15, 0.2) is 29.2 Å². The van der Waals surface area contributed by atoms with Crippen molar-refractivity contribution in [3.63, 3.8) is 0 Å². The van der Waals surface area contributed by atoms with E-state index in [0.29, 0.717) is 12.8 Å². The van der Waals surface area contributed by atoms with Gasteiger partial charge in [0.05, 0.1) is 10.6 Å². The Balaban J connectivity index is 2.98. The van der Waals surface area contributed by atoms with Gasteiger partial charge in [-0.3, -0.25) is 4.79 Å². The van der Waals surface area contributed by atoms with Gasteiger partial charge in [-0.2, -0.15) is 0 Å². The number of benzene rings is 1. The first-order valence-electron chi connectivity index (χ1n) is 6.68. The van der Waals surface area contributed by atoms with Gasteiger partial charge in [0.2, 0.25) is 0 Å². The van der Waals surface area contributed by atoms with E-state index in [-0.39, 0.29) is 16.2 Å². The molecule has 0 aromatic heterocycles. The molecular weight excluding hydrogens is 294 g/mol. The fraction of sp³-hybridized carbons (Fsp3) is 0.429. The molecule has 116 valence electrons. The van der Waals surface area contributed by atoms with Gasteiger partial charge in [-0.25, -0.2) is 13.2 Å². The topological polar surface area (TPSA) is 101 Å². The zero-order chi connectivity index (χ0) is 16.0. The molecule has 0 heterocycles. The molecule has 0 spiro atoms. The molecule has 0 fully saturated rings.